The van der Waals surface area contributed by atoms with E-state index in [1.54, 1.807) is 11.1 Å². The van der Waals surface area contributed by atoms with Gasteiger partial charge in [-0.25, -0.2) is 0 Å². The second-order valence-corrected chi connectivity index (χ2v) is 6.82. The molecule has 1 fully saturated rings. The van der Waals surface area contributed by atoms with Gasteiger partial charge in [0.2, 0.25) is 0 Å². The standard InChI is InChI=1S/C19H30N2/c1-3-17-14-21(18(4-2)12-20-17)13-16-10-7-9-15-8-5-6-11-19(15)16/h5-6,8,11,16-18,20H,3-4,7,9-10,12-14H2,1-2H3. The van der Waals surface area contributed by atoms with Crippen LogP contribution in [0.25, 0.3) is 0 Å². The predicted molar refractivity (Wildman–Crippen MR) is 89.9 cm³/mol. The fraction of sp³-hybridized carbons (Fsp3) is 0.684. The Morgan fingerprint density at radius 3 is 2.86 bits per heavy atom. The van der Waals surface area contributed by atoms with Crippen LogP contribution in [-0.4, -0.2) is 36.6 Å². The van der Waals surface area contributed by atoms with Crippen LogP contribution in [0.2, 0.25) is 0 Å². The van der Waals surface area contributed by atoms with Crippen LogP contribution in [0.4, 0.5) is 0 Å². The Balaban J connectivity index is 1.73. The smallest absolute Gasteiger partial charge is 0.0219 e. The summed E-state index contributed by atoms with van der Waals surface area (Å²) in [5.41, 5.74) is 3.23. The summed E-state index contributed by atoms with van der Waals surface area (Å²) >= 11 is 0. The minimum atomic E-state index is 0.687. The number of nitrogens with one attached hydrogen (secondary N) is 1. The highest BCUT2D eigenvalue weighted by Gasteiger charge is 2.29. The molecule has 2 aliphatic rings. The quantitative estimate of drug-likeness (QED) is 0.910. The number of hydrogen-bond donors (Lipinski definition) is 1. The summed E-state index contributed by atoms with van der Waals surface area (Å²) in [5.74, 6) is 0.750. The summed E-state index contributed by atoms with van der Waals surface area (Å²) in [7, 11) is 0. The van der Waals surface area contributed by atoms with Crippen LogP contribution in [0.15, 0.2) is 24.3 Å². The average molecular weight is 286 g/mol. The molecule has 0 bridgehead atoms. The van der Waals surface area contributed by atoms with E-state index in [1.807, 2.05) is 0 Å². The van der Waals surface area contributed by atoms with Gasteiger partial charge in [0.05, 0.1) is 0 Å². The van der Waals surface area contributed by atoms with Crippen molar-refractivity contribution in [1.29, 1.82) is 0 Å². The molecule has 1 saturated heterocycles. The first-order chi connectivity index (χ1) is 10.3. The molecule has 116 valence electrons. The molecule has 3 rings (SSSR count). The van der Waals surface area contributed by atoms with Crippen LogP contribution in [0, 0.1) is 0 Å². The number of aryl methyl sites for hydroxylation is 1. The molecule has 1 aliphatic heterocycles. The van der Waals surface area contributed by atoms with Crippen molar-refractivity contribution < 1.29 is 0 Å². The normalized spacial score (nSPS) is 30.1. The number of hydrogen-bond acceptors (Lipinski definition) is 2. The van der Waals surface area contributed by atoms with Gasteiger partial charge in [0.25, 0.3) is 0 Å². The van der Waals surface area contributed by atoms with Gasteiger partial charge >= 0.3 is 0 Å². The highest BCUT2D eigenvalue weighted by Crippen LogP contribution is 2.33. The topological polar surface area (TPSA) is 15.3 Å². The molecule has 0 radical (unpaired) electrons. The van der Waals surface area contributed by atoms with Crippen molar-refractivity contribution in [2.24, 2.45) is 0 Å². The zero-order chi connectivity index (χ0) is 14.7. The molecule has 3 atom stereocenters. The lowest BCUT2D eigenvalue weighted by atomic mass is 9.82. The Morgan fingerprint density at radius 1 is 1.19 bits per heavy atom. The minimum absolute atomic E-state index is 0.687. The van der Waals surface area contributed by atoms with Crippen molar-refractivity contribution in [2.75, 3.05) is 19.6 Å². The highest BCUT2D eigenvalue weighted by molar-refractivity contribution is 5.32. The first kappa shape index (κ1) is 15.1. The fourth-order valence-corrected chi connectivity index (χ4v) is 4.16. The second kappa shape index (κ2) is 6.93. The molecule has 1 N–H and O–H groups in total. The SMILES string of the molecule is CCC1CN(CC2CCCc3ccccc32)C(CC)CN1. The van der Waals surface area contributed by atoms with E-state index in [1.165, 1.54) is 51.7 Å². The van der Waals surface area contributed by atoms with E-state index >= 15 is 0 Å². The minimum Gasteiger partial charge on any atom is -0.311 e. The Morgan fingerprint density at radius 2 is 2.05 bits per heavy atom. The number of fused-ring (bicyclic) bond motifs is 1. The van der Waals surface area contributed by atoms with Gasteiger partial charge < -0.3 is 5.32 Å². The van der Waals surface area contributed by atoms with Gasteiger partial charge in [-0.1, -0.05) is 38.1 Å². The van der Waals surface area contributed by atoms with Crippen molar-refractivity contribution >= 4 is 0 Å². The van der Waals surface area contributed by atoms with Gasteiger partial charge in [0.1, 0.15) is 0 Å². The molecule has 3 unspecified atom stereocenters. The third kappa shape index (κ3) is 3.32. The first-order valence-corrected chi connectivity index (χ1v) is 8.87. The zero-order valence-electron chi connectivity index (χ0n) is 13.6. The van der Waals surface area contributed by atoms with E-state index in [9.17, 15) is 0 Å². The lowest BCUT2D eigenvalue weighted by molar-refractivity contribution is 0.114. The van der Waals surface area contributed by atoms with Crippen molar-refractivity contribution in [3.63, 3.8) is 0 Å². The Labute approximate surface area is 129 Å². The van der Waals surface area contributed by atoms with Gasteiger partial charge in [-0.05, 0) is 49.1 Å². The maximum absolute atomic E-state index is 3.71. The van der Waals surface area contributed by atoms with Crippen LogP contribution in [0.3, 0.4) is 0 Å². The van der Waals surface area contributed by atoms with Gasteiger partial charge in [0.15, 0.2) is 0 Å². The fourth-order valence-electron chi connectivity index (χ4n) is 4.16. The van der Waals surface area contributed by atoms with Crippen molar-refractivity contribution in [3.8, 4) is 0 Å². The highest BCUT2D eigenvalue weighted by atomic mass is 15.2. The summed E-state index contributed by atoms with van der Waals surface area (Å²) in [4.78, 5) is 2.78. The second-order valence-electron chi connectivity index (χ2n) is 6.82. The number of piperazine rings is 1. The van der Waals surface area contributed by atoms with Gasteiger partial charge in [-0.3, -0.25) is 4.90 Å². The van der Waals surface area contributed by atoms with Gasteiger partial charge in [-0.2, -0.15) is 0 Å². The zero-order valence-corrected chi connectivity index (χ0v) is 13.6. The van der Waals surface area contributed by atoms with E-state index in [2.05, 4.69) is 48.3 Å². The van der Waals surface area contributed by atoms with Gasteiger partial charge in [0, 0.05) is 31.7 Å². The molecule has 0 spiro atoms. The average Bonchev–Trinajstić information content (AvgIpc) is 2.55. The largest absolute Gasteiger partial charge is 0.311 e. The molecule has 0 amide bonds. The molecule has 1 aromatic rings. The predicted octanol–water partition coefficient (Wildman–Crippen LogP) is 3.57. The molecule has 1 aromatic carbocycles. The lowest BCUT2D eigenvalue weighted by Crippen LogP contribution is -2.56. The maximum atomic E-state index is 3.71. The van der Waals surface area contributed by atoms with Crippen LogP contribution >= 0.6 is 0 Å². The molecule has 0 aromatic heterocycles. The van der Waals surface area contributed by atoms with E-state index in [0.29, 0.717) is 6.04 Å². The molecule has 21 heavy (non-hydrogen) atoms. The molecule has 1 heterocycles. The number of rotatable bonds is 4. The molecule has 2 heteroatoms. The van der Waals surface area contributed by atoms with E-state index < -0.39 is 0 Å². The molecular weight excluding hydrogens is 256 g/mol. The Bertz CT molecular complexity index is 457. The first-order valence-electron chi connectivity index (χ1n) is 8.87. The van der Waals surface area contributed by atoms with Crippen LogP contribution in [0.5, 0.6) is 0 Å². The van der Waals surface area contributed by atoms with Crippen LogP contribution in [-0.2, 0) is 6.42 Å². The maximum Gasteiger partial charge on any atom is 0.0219 e. The molecule has 2 nitrogen and oxygen atoms in total. The summed E-state index contributed by atoms with van der Waals surface area (Å²) in [5, 5.41) is 3.71. The van der Waals surface area contributed by atoms with Crippen LogP contribution < -0.4 is 5.32 Å². The number of benzene rings is 1. The third-order valence-electron chi connectivity index (χ3n) is 5.53. The van der Waals surface area contributed by atoms with E-state index in [-0.39, 0.29) is 0 Å². The van der Waals surface area contributed by atoms with E-state index in [0.717, 1.165) is 12.0 Å². The van der Waals surface area contributed by atoms with Crippen molar-refractivity contribution in [3.05, 3.63) is 35.4 Å². The monoisotopic (exact) mass is 286 g/mol. The van der Waals surface area contributed by atoms with Crippen LogP contribution in [0.1, 0.15) is 56.6 Å². The van der Waals surface area contributed by atoms with Gasteiger partial charge in [-0.15, -0.1) is 0 Å². The summed E-state index contributed by atoms with van der Waals surface area (Å²) in [6.07, 6.45) is 6.52. The summed E-state index contributed by atoms with van der Waals surface area (Å²) < 4.78 is 0. The summed E-state index contributed by atoms with van der Waals surface area (Å²) in [6, 6.07) is 10.5. The Hall–Kier alpha value is -0.860. The molecule has 0 saturated carbocycles. The van der Waals surface area contributed by atoms with Crippen molar-refractivity contribution in [2.45, 2.75) is 64.0 Å². The number of nitrogens with zero attached hydrogens (tertiary/aromatic N) is 1. The van der Waals surface area contributed by atoms with Crippen molar-refractivity contribution in [1.82, 2.24) is 10.2 Å². The molecular formula is C19H30N2. The summed E-state index contributed by atoms with van der Waals surface area (Å²) in [6.45, 7) is 8.29. The third-order valence-corrected chi connectivity index (χ3v) is 5.53. The molecule has 1 aliphatic carbocycles. The lowest BCUT2D eigenvalue weighted by Gasteiger charge is -2.42. The van der Waals surface area contributed by atoms with E-state index in [4.69, 9.17) is 0 Å². The Kier molecular flexibility index (Phi) is 4.97.